The summed E-state index contributed by atoms with van der Waals surface area (Å²) < 4.78 is 0. The molecule has 17 heavy (non-hydrogen) atoms. The van der Waals surface area contributed by atoms with Gasteiger partial charge in [0.1, 0.15) is 0 Å². The molecule has 0 bridgehead atoms. The molecule has 0 unspecified atom stereocenters. The molecule has 1 aromatic rings. The molecule has 0 amide bonds. The van der Waals surface area contributed by atoms with E-state index in [0.29, 0.717) is 6.04 Å². The summed E-state index contributed by atoms with van der Waals surface area (Å²) in [5.74, 6) is 0. The fourth-order valence-electron chi connectivity index (χ4n) is 2.83. The molecule has 0 spiro atoms. The Kier molecular flexibility index (Phi) is 4.06. The molecular weight excluding hydrogens is 208 g/mol. The summed E-state index contributed by atoms with van der Waals surface area (Å²) in [6, 6.07) is 9.47. The Labute approximate surface area is 105 Å². The maximum absolute atomic E-state index is 6.20. The summed E-state index contributed by atoms with van der Waals surface area (Å²) in [4.78, 5) is 2.44. The fraction of sp³-hybridized carbons (Fsp3) is 0.600. The zero-order valence-corrected chi connectivity index (χ0v) is 11.0. The van der Waals surface area contributed by atoms with Crippen molar-refractivity contribution in [2.24, 2.45) is 5.73 Å². The first-order valence-corrected chi connectivity index (χ1v) is 6.81. The largest absolute Gasteiger partial charge is 0.371 e. The van der Waals surface area contributed by atoms with Crippen LogP contribution in [0.5, 0.6) is 0 Å². The number of para-hydroxylation sites is 1. The van der Waals surface area contributed by atoms with Crippen LogP contribution in [0.15, 0.2) is 24.3 Å². The molecule has 0 aliphatic heterocycles. The van der Waals surface area contributed by atoms with Gasteiger partial charge in [-0.15, -0.1) is 0 Å². The molecule has 2 heteroatoms. The van der Waals surface area contributed by atoms with Gasteiger partial charge in [-0.25, -0.2) is 0 Å². The smallest absolute Gasteiger partial charge is 0.0414 e. The van der Waals surface area contributed by atoms with E-state index in [-0.39, 0.29) is 6.04 Å². The van der Waals surface area contributed by atoms with Gasteiger partial charge in [0.25, 0.3) is 0 Å². The van der Waals surface area contributed by atoms with Crippen molar-refractivity contribution in [3.05, 3.63) is 29.8 Å². The van der Waals surface area contributed by atoms with Crippen LogP contribution in [0.4, 0.5) is 5.69 Å². The Morgan fingerprint density at radius 3 is 2.59 bits per heavy atom. The highest BCUT2D eigenvalue weighted by Crippen LogP contribution is 2.31. The van der Waals surface area contributed by atoms with Crippen molar-refractivity contribution in [1.82, 2.24) is 0 Å². The SMILES string of the molecule is CC[C@H](N)c1ccccc1N(C)C1CCCC1. The molecule has 2 nitrogen and oxygen atoms in total. The van der Waals surface area contributed by atoms with Gasteiger partial charge in [-0.05, 0) is 30.9 Å². The van der Waals surface area contributed by atoms with Gasteiger partial charge in [0.15, 0.2) is 0 Å². The summed E-state index contributed by atoms with van der Waals surface area (Å²) >= 11 is 0. The molecule has 1 fully saturated rings. The van der Waals surface area contributed by atoms with E-state index in [2.05, 4.69) is 43.1 Å². The first kappa shape index (κ1) is 12.4. The monoisotopic (exact) mass is 232 g/mol. The maximum Gasteiger partial charge on any atom is 0.0414 e. The van der Waals surface area contributed by atoms with Crippen molar-refractivity contribution in [3.8, 4) is 0 Å². The van der Waals surface area contributed by atoms with Crippen LogP contribution in [0, 0.1) is 0 Å². The summed E-state index contributed by atoms with van der Waals surface area (Å²) in [6.45, 7) is 2.15. The van der Waals surface area contributed by atoms with Crippen LogP contribution in [-0.2, 0) is 0 Å². The third kappa shape index (κ3) is 2.63. The molecule has 1 saturated carbocycles. The quantitative estimate of drug-likeness (QED) is 0.861. The topological polar surface area (TPSA) is 29.3 Å². The van der Waals surface area contributed by atoms with Crippen molar-refractivity contribution in [2.75, 3.05) is 11.9 Å². The lowest BCUT2D eigenvalue weighted by atomic mass is 10.0. The van der Waals surface area contributed by atoms with Crippen LogP contribution in [0.3, 0.4) is 0 Å². The third-order valence-corrected chi connectivity index (χ3v) is 4.03. The Morgan fingerprint density at radius 2 is 1.94 bits per heavy atom. The van der Waals surface area contributed by atoms with Gasteiger partial charge in [0, 0.05) is 24.8 Å². The average molecular weight is 232 g/mol. The van der Waals surface area contributed by atoms with E-state index >= 15 is 0 Å². The van der Waals surface area contributed by atoms with E-state index in [4.69, 9.17) is 5.73 Å². The number of anilines is 1. The van der Waals surface area contributed by atoms with Gasteiger partial charge in [0.05, 0.1) is 0 Å². The van der Waals surface area contributed by atoms with Crippen LogP contribution in [0.1, 0.15) is 50.6 Å². The van der Waals surface area contributed by atoms with Crippen molar-refractivity contribution in [2.45, 2.75) is 51.1 Å². The molecule has 0 aromatic heterocycles. The molecule has 0 radical (unpaired) electrons. The average Bonchev–Trinajstić information content (AvgIpc) is 2.91. The normalized spacial score (nSPS) is 18.3. The minimum Gasteiger partial charge on any atom is -0.371 e. The number of hydrogen-bond acceptors (Lipinski definition) is 2. The Morgan fingerprint density at radius 1 is 1.29 bits per heavy atom. The second-order valence-electron chi connectivity index (χ2n) is 5.12. The van der Waals surface area contributed by atoms with Crippen LogP contribution in [-0.4, -0.2) is 13.1 Å². The highest BCUT2D eigenvalue weighted by Gasteiger charge is 2.22. The minimum absolute atomic E-state index is 0.162. The first-order chi connectivity index (χ1) is 8.24. The predicted octanol–water partition coefficient (Wildman–Crippen LogP) is 3.48. The number of benzene rings is 1. The molecule has 1 atom stereocenters. The zero-order chi connectivity index (χ0) is 12.3. The van der Waals surface area contributed by atoms with Gasteiger partial charge in [-0.2, -0.15) is 0 Å². The third-order valence-electron chi connectivity index (χ3n) is 4.03. The van der Waals surface area contributed by atoms with E-state index < -0.39 is 0 Å². The summed E-state index contributed by atoms with van der Waals surface area (Å²) in [7, 11) is 2.22. The highest BCUT2D eigenvalue weighted by atomic mass is 15.1. The highest BCUT2D eigenvalue weighted by molar-refractivity contribution is 5.55. The Bertz CT molecular complexity index is 356. The predicted molar refractivity (Wildman–Crippen MR) is 74.3 cm³/mol. The van der Waals surface area contributed by atoms with Crippen molar-refractivity contribution >= 4 is 5.69 Å². The van der Waals surface area contributed by atoms with Gasteiger partial charge < -0.3 is 10.6 Å². The van der Waals surface area contributed by atoms with E-state index in [0.717, 1.165) is 6.42 Å². The molecule has 94 valence electrons. The molecular formula is C15H24N2. The molecule has 1 aliphatic carbocycles. The van der Waals surface area contributed by atoms with E-state index in [1.54, 1.807) is 0 Å². The molecule has 0 saturated heterocycles. The Hall–Kier alpha value is -1.02. The van der Waals surface area contributed by atoms with Gasteiger partial charge in [-0.3, -0.25) is 0 Å². The second-order valence-corrected chi connectivity index (χ2v) is 5.12. The summed E-state index contributed by atoms with van der Waals surface area (Å²) in [5.41, 5.74) is 8.83. The van der Waals surface area contributed by atoms with Gasteiger partial charge in [0.2, 0.25) is 0 Å². The van der Waals surface area contributed by atoms with Crippen LogP contribution in [0.2, 0.25) is 0 Å². The van der Waals surface area contributed by atoms with E-state index in [9.17, 15) is 0 Å². The lowest BCUT2D eigenvalue weighted by Gasteiger charge is -2.30. The first-order valence-electron chi connectivity index (χ1n) is 6.81. The number of hydrogen-bond donors (Lipinski definition) is 1. The molecule has 2 rings (SSSR count). The molecule has 1 aliphatic rings. The van der Waals surface area contributed by atoms with Crippen LogP contribution < -0.4 is 10.6 Å². The van der Waals surface area contributed by atoms with Crippen LogP contribution >= 0.6 is 0 Å². The van der Waals surface area contributed by atoms with E-state index in [1.807, 2.05) is 0 Å². The fourth-order valence-corrected chi connectivity index (χ4v) is 2.83. The summed E-state index contributed by atoms with van der Waals surface area (Å²) in [5, 5.41) is 0. The summed E-state index contributed by atoms with van der Waals surface area (Å²) in [6.07, 6.45) is 6.39. The number of nitrogens with two attached hydrogens (primary N) is 1. The standard InChI is InChI=1S/C15H24N2/c1-3-14(16)13-10-6-7-11-15(13)17(2)12-8-4-5-9-12/h6-7,10-12,14H,3-5,8-9,16H2,1-2H3/t14-/m0/s1. The van der Waals surface area contributed by atoms with Crippen LogP contribution in [0.25, 0.3) is 0 Å². The number of nitrogens with zero attached hydrogens (tertiary/aromatic N) is 1. The van der Waals surface area contributed by atoms with Gasteiger partial charge >= 0.3 is 0 Å². The lowest BCUT2D eigenvalue weighted by Crippen LogP contribution is -2.30. The van der Waals surface area contributed by atoms with Gasteiger partial charge in [-0.1, -0.05) is 38.0 Å². The molecule has 0 heterocycles. The Balaban J connectivity index is 2.24. The lowest BCUT2D eigenvalue weighted by molar-refractivity contribution is 0.638. The zero-order valence-electron chi connectivity index (χ0n) is 11.0. The van der Waals surface area contributed by atoms with Crippen molar-refractivity contribution in [1.29, 1.82) is 0 Å². The maximum atomic E-state index is 6.20. The minimum atomic E-state index is 0.162. The second kappa shape index (κ2) is 5.54. The molecule has 2 N–H and O–H groups in total. The van der Waals surface area contributed by atoms with E-state index in [1.165, 1.54) is 36.9 Å². The number of rotatable bonds is 4. The van der Waals surface area contributed by atoms with Crippen molar-refractivity contribution in [3.63, 3.8) is 0 Å². The molecule has 1 aromatic carbocycles. The van der Waals surface area contributed by atoms with Crippen molar-refractivity contribution < 1.29 is 0 Å².